The molecule has 1 heterocycles. The Labute approximate surface area is 107 Å². The van der Waals surface area contributed by atoms with E-state index in [4.69, 9.17) is 9.47 Å². The summed E-state index contributed by atoms with van der Waals surface area (Å²) in [7, 11) is 0. The van der Waals surface area contributed by atoms with Gasteiger partial charge in [0.15, 0.2) is 0 Å². The molecule has 0 amide bonds. The SMILES string of the molecule is O=C(OCC1CCCO1)c1ccc(F)cc1Br. The number of esters is 1. The smallest absolute Gasteiger partial charge is 0.339 e. The van der Waals surface area contributed by atoms with Crippen molar-refractivity contribution < 1.29 is 18.7 Å². The molecule has 0 N–H and O–H groups in total. The fraction of sp³-hybridized carbons (Fsp3) is 0.417. The molecule has 1 atom stereocenters. The van der Waals surface area contributed by atoms with Crippen molar-refractivity contribution in [3.8, 4) is 0 Å². The Morgan fingerprint density at radius 1 is 1.59 bits per heavy atom. The number of halogens is 2. The summed E-state index contributed by atoms with van der Waals surface area (Å²) in [5, 5.41) is 0. The summed E-state index contributed by atoms with van der Waals surface area (Å²) in [4.78, 5) is 11.7. The average molecular weight is 303 g/mol. The van der Waals surface area contributed by atoms with Crippen LogP contribution in [-0.2, 0) is 9.47 Å². The summed E-state index contributed by atoms with van der Waals surface area (Å²) in [6.07, 6.45) is 1.92. The van der Waals surface area contributed by atoms with Gasteiger partial charge in [-0.05, 0) is 47.0 Å². The van der Waals surface area contributed by atoms with Crippen molar-refractivity contribution in [2.75, 3.05) is 13.2 Å². The van der Waals surface area contributed by atoms with Crippen LogP contribution >= 0.6 is 15.9 Å². The fourth-order valence-electron chi connectivity index (χ4n) is 1.68. The third-order valence-corrected chi connectivity index (χ3v) is 3.23. The molecule has 1 aliphatic rings. The van der Waals surface area contributed by atoms with E-state index in [1.54, 1.807) is 0 Å². The highest BCUT2D eigenvalue weighted by atomic mass is 79.9. The Morgan fingerprint density at radius 3 is 3.06 bits per heavy atom. The Kier molecular flexibility index (Phi) is 4.12. The molecule has 5 heteroatoms. The van der Waals surface area contributed by atoms with E-state index >= 15 is 0 Å². The van der Waals surface area contributed by atoms with Crippen LogP contribution in [0.3, 0.4) is 0 Å². The van der Waals surface area contributed by atoms with E-state index in [-0.39, 0.29) is 12.7 Å². The predicted octanol–water partition coefficient (Wildman–Crippen LogP) is 2.92. The van der Waals surface area contributed by atoms with Crippen LogP contribution in [0.1, 0.15) is 23.2 Å². The minimum Gasteiger partial charge on any atom is -0.459 e. The van der Waals surface area contributed by atoms with Crippen LogP contribution in [0, 0.1) is 5.82 Å². The summed E-state index contributed by atoms with van der Waals surface area (Å²) in [5.74, 6) is -0.861. The Hall–Kier alpha value is -0.940. The second-order valence-electron chi connectivity index (χ2n) is 3.86. The lowest BCUT2D eigenvalue weighted by atomic mass is 10.2. The van der Waals surface area contributed by atoms with Crippen LogP contribution < -0.4 is 0 Å². The van der Waals surface area contributed by atoms with E-state index in [0.29, 0.717) is 10.0 Å². The van der Waals surface area contributed by atoms with E-state index in [1.807, 2.05) is 0 Å². The highest BCUT2D eigenvalue weighted by Gasteiger charge is 2.19. The molecule has 92 valence electrons. The van der Waals surface area contributed by atoms with Crippen molar-refractivity contribution in [1.29, 1.82) is 0 Å². The van der Waals surface area contributed by atoms with Crippen molar-refractivity contribution in [3.63, 3.8) is 0 Å². The van der Waals surface area contributed by atoms with Gasteiger partial charge in [-0.1, -0.05) is 0 Å². The molecule has 1 aromatic carbocycles. The summed E-state index contributed by atoms with van der Waals surface area (Å²) in [6, 6.07) is 3.87. The number of hydrogen-bond acceptors (Lipinski definition) is 3. The first-order valence-corrected chi connectivity index (χ1v) is 6.20. The van der Waals surface area contributed by atoms with Crippen molar-refractivity contribution in [1.82, 2.24) is 0 Å². The van der Waals surface area contributed by atoms with E-state index < -0.39 is 11.8 Å². The van der Waals surface area contributed by atoms with Crippen LogP contribution in [0.2, 0.25) is 0 Å². The average Bonchev–Trinajstić information content (AvgIpc) is 2.78. The van der Waals surface area contributed by atoms with Crippen LogP contribution in [0.15, 0.2) is 22.7 Å². The lowest BCUT2D eigenvalue weighted by Crippen LogP contribution is -2.18. The Bertz CT molecular complexity index is 416. The molecule has 1 unspecified atom stereocenters. The standard InChI is InChI=1S/C12H12BrFO3/c13-11-6-8(14)3-4-10(11)12(15)17-7-9-2-1-5-16-9/h3-4,6,9H,1-2,5,7H2. The molecule has 2 rings (SSSR count). The number of carbonyl (C=O) groups is 1. The highest BCUT2D eigenvalue weighted by Crippen LogP contribution is 2.19. The third-order valence-electron chi connectivity index (χ3n) is 2.58. The molecule has 0 spiro atoms. The largest absolute Gasteiger partial charge is 0.459 e. The summed E-state index contributed by atoms with van der Waals surface area (Å²) >= 11 is 3.13. The van der Waals surface area contributed by atoms with Gasteiger partial charge in [0.1, 0.15) is 12.4 Å². The van der Waals surface area contributed by atoms with Crippen molar-refractivity contribution in [2.24, 2.45) is 0 Å². The van der Waals surface area contributed by atoms with Crippen LogP contribution in [0.5, 0.6) is 0 Å². The molecule has 1 aliphatic heterocycles. The molecule has 1 saturated heterocycles. The summed E-state index contributed by atoms with van der Waals surface area (Å²) < 4.78 is 23.7. The maximum absolute atomic E-state index is 12.8. The lowest BCUT2D eigenvalue weighted by Gasteiger charge is -2.10. The summed E-state index contributed by atoms with van der Waals surface area (Å²) in [6.45, 7) is 0.977. The van der Waals surface area contributed by atoms with Gasteiger partial charge in [0.2, 0.25) is 0 Å². The number of rotatable bonds is 3. The van der Waals surface area contributed by atoms with Crippen molar-refractivity contribution in [2.45, 2.75) is 18.9 Å². The van der Waals surface area contributed by atoms with Crippen LogP contribution in [0.4, 0.5) is 4.39 Å². The molecule has 1 aromatic rings. The lowest BCUT2D eigenvalue weighted by molar-refractivity contribution is 0.0160. The van der Waals surface area contributed by atoms with Crippen LogP contribution in [0.25, 0.3) is 0 Å². The maximum atomic E-state index is 12.8. The van der Waals surface area contributed by atoms with Gasteiger partial charge in [-0.3, -0.25) is 0 Å². The molecule has 0 aliphatic carbocycles. The van der Waals surface area contributed by atoms with Gasteiger partial charge in [-0.15, -0.1) is 0 Å². The number of benzene rings is 1. The van der Waals surface area contributed by atoms with E-state index in [0.717, 1.165) is 19.4 Å². The minimum atomic E-state index is -0.465. The minimum absolute atomic E-state index is 0.00169. The molecule has 17 heavy (non-hydrogen) atoms. The quantitative estimate of drug-likeness (QED) is 0.805. The Balaban J connectivity index is 1.94. The molecule has 1 fully saturated rings. The first-order chi connectivity index (χ1) is 8.16. The topological polar surface area (TPSA) is 35.5 Å². The van der Waals surface area contributed by atoms with Gasteiger partial charge in [0, 0.05) is 11.1 Å². The van der Waals surface area contributed by atoms with Gasteiger partial charge in [-0.25, -0.2) is 9.18 Å². The second-order valence-corrected chi connectivity index (χ2v) is 4.71. The first-order valence-electron chi connectivity index (χ1n) is 5.40. The number of ether oxygens (including phenoxy) is 2. The normalized spacial score (nSPS) is 19.3. The van der Waals surface area contributed by atoms with Gasteiger partial charge >= 0.3 is 5.97 Å². The van der Waals surface area contributed by atoms with Gasteiger partial charge < -0.3 is 9.47 Å². The van der Waals surface area contributed by atoms with Gasteiger partial charge in [0.25, 0.3) is 0 Å². The van der Waals surface area contributed by atoms with E-state index in [2.05, 4.69) is 15.9 Å². The molecule has 0 saturated carbocycles. The number of hydrogen-bond donors (Lipinski definition) is 0. The molecular formula is C12H12BrFO3. The second kappa shape index (κ2) is 5.60. The van der Waals surface area contributed by atoms with Gasteiger partial charge in [-0.2, -0.15) is 0 Å². The van der Waals surface area contributed by atoms with E-state index in [9.17, 15) is 9.18 Å². The molecule has 0 radical (unpaired) electrons. The van der Waals surface area contributed by atoms with E-state index in [1.165, 1.54) is 18.2 Å². The molecule has 3 nitrogen and oxygen atoms in total. The Morgan fingerprint density at radius 2 is 2.41 bits per heavy atom. The maximum Gasteiger partial charge on any atom is 0.339 e. The van der Waals surface area contributed by atoms with Crippen molar-refractivity contribution in [3.05, 3.63) is 34.1 Å². The zero-order chi connectivity index (χ0) is 12.3. The fourth-order valence-corrected chi connectivity index (χ4v) is 2.19. The highest BCUT2D eigenvalue weighted by molar-refractivity contribution is 9.10. The third kappa shape index (κ3) is 3.26. The molecule has 0 bridgehead atoms. The monoisotopic (exact) mass is 302 g/mol. The van der Waals surface area contributed by atoms with Gasteiger partial charge in [0.05, 0.1) is 11.7 Å². The predicted molar refractivity (Wildman–Crippen MR) is 63.4 cm³/mol. The molecular weight excluding hydrogens is 291 g/mol. The zero-order valence-electron chi connectivity index (χ0n) is 9.12. The molecule has 0 aromatic heterocycles. The first kappa shape index (κ1) is 12.5. The zero-order valence-corrected chi connectivity index (χ0v) is 10.7. The number of carbonyl (C=O) groups excluding carboxylic acids is 1. The van der Waals surface area contributed by atoms with Crippen LogP contribution in [-0.4, -0.2) is 25.3 Å². The van der Waals surface area contributed by atoms with Crippen molar-refractivity contribution >= 4 is 21.9 Å². The summed E-state index contributed by atoms with van der Waals surface area (Å²) in [5.41, 5.74) is 0.324.